The Bertz CT molecular complexity index is 325. The van der Waals surface area contributed by atoms with Crippen LogP contribution >= 0.6 is 0 Å². The van der Waals surface area contributed by atoms with Gasteiger partial charge in [0.2, 0.25) is 0 Å². The van der Waals surface area contributed by atoms with Crippen molar-refractivity contribution in [2.24, 2.45) is 0 Å². The standard InChI is InChI=1S/C13H20FNO2/c1-3-8-15-9-13(2,16)10-17-12-6-4-11(14)5-7-12/h4-7,15-16H,3,8-10H2,1-2H3. The van der Waals surface area contributed by atoms with Gasteiger partial charge in [-0.25, -0.2) is 4.39 Å². The number of rotatable bonds is 7. The molecule has 1 unspecified atom stereocenters. The summed E-state index contributed by atoms with van der Waals surface area (Å²) in [5, 5.41) is 13.1. The molecule has 0 saturated carbocycles. The predicted molar refractivity (Wildman–Crippen MR) is 65.7 cm³/mol. The van der Waals surface area contributed by atoms with Crippen molar-refractivity contribution in [1.82, 2.24) is 5.32 Å². The van der Waals surface area contributed by atoms with E-state index in [1.54, 1.807) is 19.1 Å². The largest absolute Gasteiger partial charge is 0.491 e. The molecule has 0 aromatic heterocycles. The zero-order valence-corrected chi connectivity index (χ0v) is 10.4. The van der Waals surface area contributed by atoms with Crippen LogP contribution in [0.25, 0.3) is 0 Å². The molecule has 0 spiro atoms. The van der Waals surface area contributed by atoms with Crippen LogP contribution in [0.3, 0.4) is 0 Å². The summed E-state index contributed by atoms with van der Waals surface area (Å²) >= 11 is 0. The first kappa shape index (κ1) is 13.9. The first-order chi connectivity index (χ1) is 8.03. The molecule has 3 nitrogen and oxygen atoms in total. The lowest BCUT2D eigenvalue weighted by Gasteiger charge is -2.23. The Labute approximate surface area is 102 Å². The second-order valence-electron chi connectivity index (χ2n) is 4.42. The fourth-order valence-electron chi connectivity index (χ4n) is 1.36. The highest BCUT2D eigenvalue weighted by Gasteiger charge is 2.20. The monoisotopic (exact) mass is 241 g/mol. The molecule has 0 fully saturated rings. The van der Waals surface area contributed by atoms with Gasteiger partial charge in [-0.15, -0.1) is 0 Å². The lowest BCUT2D eigenvalue weighted by atomic mass is 10.1. The highest BCUT2D eigenvalue weighted by molar-refractivity contribution is 5.22. The van der Waals surface area contributed by atoms with Crippen LogP contribution in [0.2, 0.25) is 0 Å². The van der Waals surface area contributed by atoms with Crippen LogP contribution in [-0.2, 0) is 0 Å². The molecule has 1 aromatic rings. The Balaban J connectivity index is 2.35. The van der Waals surface area contributed by atoms with E-state index in [1.165, 1.54) is 12.1 Å². The van der Waals surface area contributed by atoms with Gasteiger partial charge in [-0.3, -0.25) is 0 Å². The molecule has 96 valence electrons. The summed E-state index contributed by atoms with van der Waals surface area (Å²) in [7, 11) is 0. The summed E-state index contributed by atoms with van der Waals surface area (Å²) in [6, 6.07) is 5.76. The minimum atomic E-state index is -0.927. The maximum absolute atomic E-state index is 12.7. The van der Waals surface area contributed by atoms with E-state index in [2.05, 4.69) is 12.2 Å². The van der Waals surface area contributed by atoms with Crippen LogP contribution in [-0.4, -0.2) is 30.4 Å². The maximum atomic E-state index is 12.7. The van der Waals surface area contributed by atoms with Crippen molar-refractivity contribution in [2.45, 2.75) is 25.9 Å². The van der Waals surface area contributed by atoms with Crippen molar-refractivity contribution in [3.05, 3.63) is 30.1 Å². The Morgan fingerprint density at radius 1 is 1.35 bits per heavy atom. The lowest BCUT2D eigenvalue weighted by Crippen LogP contribution is -2.43. The number of nitrogens with one attached hydrogen (secondary N) is 1. The molecular formula is C13H20FNO2. The molecule has 0 bridgehead atoms. The Morgan fingerprint density at radius 2 is 2.00 bits per heavy atom. The van der Waals surface area contributed by atoms with Crippen LogP contribution in [0.5, 0.6) is 5.75 Å². The van der Waals surface area contributed by atoms with E-state index in [4.69, 9.17) is 4.74 Å². The number of halogens is 1. The average Bonchev–Trinajstić information content (AvgIpc) is 2.29. The van der Waals surface area contributed by atoms with Gasteiger partial charge in [0.1, 0.15) is 23.8 Å². The van der Waals surface area contributed by atoms with Crippen LogP contribution in [0.15, 0.2) is 24.3 Å². The van der Waals surface area contributed by atoms with E-state index in [0.29, 0.717) is 12.3 Å². The Morgan fingerprint density at radius 3 is 2.59 bits per heavy atom. The molecule has 1 atom stereocenters. The van der Waals surface area contributed by atoms with Crippen molar-refractivity contribution in [2.75, 3.05) is 19.7 Å². The first-order valence-electron chi connectivity index (χ1n) is 5.85. The van der Waals surface area contributed by atoms with Gasteiger partial charge >= 0.3 is 0 Å². The average molecular weight is 241 g/mol. The predicted octanol–water partition coefficient (Wildman–Crippen LogP) is 1.96. The lowest BCUT2D eigenvalue weighted by molar-refractivity contribution is 0.0125. The van der Waals surface area contributed by atoms with Crippen LogP contribution in [0, 0.1) is 5.82 Å². The van der Waals surface area contributed by atoms with E-state index in [0.717, 1.165) is 13.0 Å². The van der Waals surface area contributed by atoms with Gasteiger partial charge in [0.15, 0.2) is 0 Å². The molecule has 4 heteroatoms. The van der Waals surface area contributed by atoms with Crippen molar-refractivity contribution in [3.8, 4) is 5.75 Å². The quantitative estimate of drug-likeness (QED) is 0.717. The highest BCUT2D eigenvalue weighted by Crippen LogP contribution is 2.13. The van der Waals surface area contributed by atoms with Crippen molar-refractivity contribution in [3.63, 3.8) is 0 Å². The molecule has 1 rings (SSSR count). The van der Waals surface area contributed by atoms with E-state index in [-0.39, 0.29) is 12.4 Å². The summed E-state index contributed by atoms with van der Waals surface area (Å²) < 4.78 is 18.1. The zero-order chi connectivity index (χ0) is 12.7. The van der Waals surface area contributed by atoms with Gasteiger partial charge in [-0.05, 0) is 44.2 Å². The Hall–Kier alpha value is -1.13. The molecule has 0 amide bonds. The van der Waals surface area contributed by atoms with Gasteiger partial charge in [-0.2, -0.15) is 0 Å². The molecule has 0 heterocycles. The minimum Gasteiger partial charge on any atom is -0.491 e. The third kappa shape index (κ3) is 5.65. The molecule has 2 N–H and O–H groups in total. The van der Waals surface area contributed by atoms with E-state index >= 15 is 0 Å². The summed E-state index contributed by atoms with van der Waals surface area (Å²) in [5.74, 6) is 0.260. The normalized spacial score (nSPS) is 14.4. The summed E-state index contributed by atoms with van der Waals surface area (Å²) in [5.41, 5.74) is -0.927. The summed E-state index contributed by atoms with van der Waals surface area (Å²) in [4.78, 5) is 0. The topological polar surface area (TPSA) is 41.5 Å². The summed E-state index contributed by atoms with van der Waals surface area (Å²) in [6.07, 6.45) is 1.02. The van der Waals surface area contributed by atoms with Crippen molar-refractivity contribution < 1.29 is 14.2 Å². The molecule has 1 aromatic carbocycles. The van der Waals surface area contributed by atoms with Gasteiger partial charge in [0.05, 0.1) is 0 Å². The van der Waals surface area contributed by atoms with Gasteiger partial charge < -0.3 is 15.2 Å². The smallest absolute Gasteiger partial charge is 0.123 e. The fourth-order valence-corrected chi connectivity index (χ4v) is 1.36. The van der Waals surface area contributed by atoms with E-state index in [1.807, 2.05) is 0 Å². The minimum absolute atomic E-state index is 0.176. The zero-order valence-electron chi connectivity index (χ0n) is 10.4. The Kier molecular flexibility index (Phi) is 5.38. The molecule has 0 radical (unpaired) electrons. The summed E-state index contributed by atoms with van der Waals surface area (Å²) in [6.45, 7) is 5.29. The molecule has 0 aliphatic carbocycles. The SMILES string of the molecule is CCCNCC(C)(O)COc1ccc(F)cc1. The van der Waals surface area contributed by atoms with Crippen LogP contribution in [0.1, 0.15) is 20.3 Å². The highest BCUT2D eigenvalue weighted by atomic mass is 19.1. The molecule has 0 aliphatic heterocycles. The van der Waals surface area contributed by atoms with E-state index in [9.17, 15) is 9.50 Å². The van der Waals surface area contributed by atoms with Crippen molar-refractivity contribution >= 4 is 0 Å². The second kappa shape index (κ2) is 6.57. The number of ether oxygens (including phenoxy) is 1. The number of hydrogen-bond donors (Lipinski definition) is 2. The van der Waals surface area contributed by atoms with Gasteiger partial charge in [0, 0.05) is 6.54 Å². The molecule has 0 aliphatic rings. The molecule has 17 heavy (non-hydrogen) atoms. The molecular weight excluding hydrogens is 221 g/mol. The fraction of sp³-hybridized carbons (Fsp3) is 0.538. The van der Waals surface area contributed by atoms with Crippen LogP contribution in [0.4, 0.5) is 4.39 Å². The van der Waals surface area contributed by atoms with Gasteiger partial charge in [-0.1, -0.05) is 6.92 Å². The second-order valence-corrected chi connectivity index (χ2v) is 4.42. The first-order valence-corrected chi connectivity index (χ1v) is 5.85. The number of benzene rings is 1. The third-order valence-corrected chi connectivity index (χ3v) is 2.30. The van der Waals surface area contributed by atoms with Gasteiger partial charge in [0.25, 0.3) is 0 Å². The number of aliphatic hydroxyl groups is 1. The third-order valence-electron chi connectivity index (χ3n) is 2.30. The number of hydrogen-bond acceptors (Lipinski definition) is 3. The van der Waals surface area contributed by atoms with Crippen LogP contribution < -0.4 is 10.1 Å². The maximum Gasteiger partial charge on any atom is 0.123 e. The molecule has 0 saturated heterocycles. The van der Waals surface area contributed by atoms with E-state index < -0.39 is 5.60 Å². The van der Waals surface area contributed by atoms with Crippen molar-refractivity contribution in [1.29, 1.82) is 0 Å².